The normalized spacial score (nSPS) is 16.8. The third-order valence-corrected chi connectivity index (χ3v) is 6.77. The van der Waals surface area contributed by atoms with Crippen molar-refractivity contribution in [3.05, 3.63) is 35.0 Å². The number of rotatable bonds is 7. The number of nitrogens with one attached hydrogen (secondary N) is 3. The molecule has 3 rings (SSSR count). The summed E-state index contributed by atoms with van der Waals surface area (Å²) in [6.07, 6.45) is 5.33. The van der Waals surface area contributed by atoms with Gasteiger partial charge in [-0.15, -0.1) is 0 Å². The van der Waals surface area contributed by atoms with Crippen LogP contribution >= 0.6 is 11.6 Å². The molecule has 0 unspecified atom stereocenters. The molecule has 0 atom stereocenters. The van der Waals surface area contributed by atoms with Crippen LogP contribution in [-0.2, 0) is 14.8 Å². The Balaban J connectivity index is 1.76. The number of carbonyl (C=O) groups excluding carboxylic acids is 1. The molecule has 0 radical (unpaired) electrons. The van der Waals surface area contributed by atoms with E-state index in [1.165, 1.54) is 0 Å². The first-order valence-corrected chi connectivity index (χ1v) is 11.0. The van der Waals surface area contributed by atoms with Crippen LogP contribution in [0.25, 0.3) is 10.9 Å². The number of carboxylic acids is 1. The lowest BCUT2D eigenvalue weighted by Gasteiger charge is -2.37. The number of carbonyl (C=O) groups is 2. The predicted molar refractivity (Wildman–Crippen MR) is 106 cm³/mol. The fraction of sp³-hybridized carbons (Fsp3) is 0.444. The molecule has 10 heteroatoms. The number of aromatic nitrogens is 1. The Labute approximate surface area is 167 Å². The zero-order valence-corrected chi connectivity index (χ0v) is 16.7. The summed E-state index contributed by atoms with van der Waals surface area (Å²) in [5.41, 5.74) is 0.215. The maximum atomic E-state index is 12.7. The molecule has 4 N–H and O–H groups in total. The number of sulfonamides is 1. The minimum absolute atomic E-state index is 0.0617. The van der Waals surface area contributed by atoms with Crippen LogP contribution < -0.4 is 10.0 Å². The molecule has 0 saturated heterocycles. The second-order valence-electron chi connectivity index (χ2n) is 7.14. The smallest absolute Gasteiger partial charge is 0.320 e. The molecule has 1 aliphatic carbocycles. The Hall–Kier alpha value is -2.10. The Bertz CT molecular complexity index is 996. The van der Waals surface area contributed by atoms with Crippen molar-refractivity contribution in [2.45, 2.75) is 37.6 Å². The van der Waals surface area contributed by atoms with Crippen molar-refractivity contribution < 1.29 is 23.1 Å². The zero-order valence-electron chi connectivity index (χ0n) is 15.1. The van der Waals surface area contributed by atoms with Gasteiger partial charge in [-0.3, -0.25) is 9.59 Å². The van der Waals surface area contributed by atoms with Crippen LogP contribution in [0.3, 0.4) is 0 Å². The number of fused-ring (bicyclic) bond motifs is 1. The summed E-state index contributed by atoms with van der Waals surface area (Å²) in [4.78, 5) is 26.5. The lowest BCUT2D eigenvalue weighted by atomic mass is 9.82. The number of hydrogen-bond donors (Lipinski definition) is 4. The Kier molecular flexibility index (Phi) is 5.97. The van der Waals surface area contributed by atoms with Gasteiger partial charge in [-0.05, 0) is 31.0 Å². The molecular weight excluding hydrogens is 406 g/mol. The monoisotopic (exact) mass is 427 g/mol. The fourth-order valence-electron chi connectivity index (χ4n) is 3.69. The lowest BCUT2D eigenvalue weighted by Crippen LogP contribution is -2.57. The molecule has 28 heavy (non-hydrogen) atoms. The maximum Gasteiger partial charge on any atom is 0.320 e. The number of hydrogen-bond acceptors (Lipinski definition) is 4. The molecule has 1 saturated carbocycles. The predicted octanol–water partition coefficient (Wildman–Crippen LogP) is 2.26. The van der Waals surface area contributed by atoms with Gasteiger partial charge >= 0.3 is 5.97 Å². The first-order chi connectivity index (χ1) is 13.2. The van der Waals surface area contributed by atoms with Gasteiger partial charge in [0, 0.05) is 23.6 Å². The van der Waals surface area contributed by atoms with Crippen molar-refractivity contribution in [1.29, 1.82) is 0 Å². The summed E-state index contributed by atoms with van der Waals surface area (Å²) in [6, 6.07) is 5.14. The molecule has 1 aromatic heterocycles. The third-order valence-electron chi connectivity index (χ3n) is 5.00. The SMILES string of the molecule is O=C(O)CS(=O)(=O)NC1(CNC(=O)c2ccc3[nH]ccc3c2Cl)CCCCC1. The Morgan fingerprint density at radius 1 is 1.18 bits per heavy atom. The fourth-order valence-corrected chi connectivity index (χ4v) is 5.34. The van der Waals surface area contributed by atoms with Gasteiger partial charge < -0.3 is 15.4 Å². The molecule has 152 valence electrons. The number of amides is 1. The van der Waals surface area contributed by atoms with Gasteiger partial charge in [0.05, 0.1) is 16.1 Å². The summed E-state index contributed by atoms with van der Waals surface area (Å²) in [5.74, 6) is -2.83. The molecule has 1 aromatic carbocycles. The van der Waals surface area contributed by atoms with Gasteiger partial charge in [-0.2, -0.15) is 0 Å². The molecule has 0 aliphatic heterocycles. The Morgan fingerprint density at radius 2 is 1.89 bits per heavy atom. The van der Waals surface area contributed by atoms with E-state index in [2.05, 4.69) is 15.0 Å². The molecular formula is C18H22ClN3O5S. The summed E-state index contributed by atoms with van der Waals surface area (Å²) in [7, 11) is -4.01. The van der Waals surface area contributed by atoms with E-state index in [-0.39, 0.29) is 6.54 Å². The van der Waals surface area contributed by atoms with Crippen LogP contribution in [0.15, 0.2) is 24.4 Å². The van der Waals surface area contributed by atoms with E-state index in [1.807, 2.05) is 0 Å². The highest BCUT2D eigenvalue weighted by molar-refractivity contribution is 7.90. The van der Waals surface area contributed by atoms with Gasteiger partial charge in [-0.1, -0.05) is 30.9 Å². The highest BCUT2D eigenvalue weighted by Gasteiger charge is 2.37. The molecule has 2 aromatic rings. The molecule has 1 aliphatic rings. The van der Waals surface area contributed by atoms with Gasteiger partial charge in [-0.25, -0.2) is 13.1 Å². The second kappa shape index (κ2) is 8.10. The van der Waals surface area contributed by atoms with Crippen LogP contribution in [-0.4, -0.2) is 48.2 Å². The minimum Gasteiger partial charge on any atom is -0.480 e. The number of carboxylic acid groups (broad SMARTS) is 1. The van der Waals surface area contributed by atoms with E-state index in [4.69, 9.17) is 16.7 Å². The lowest BCUT2D eigenvalue weighted by molar-refractivity contribution is -0.134. The zero-order chi connectivity index (χ0) is 20.4. The summed E-state index contributed by atoms with van der Waals surface area (Å²) in [6.45, 7) is 0.0617. The van der Waals surface area contributed by atoms with E-state index in [0.717, 1.165) is 30.2 Å². The molecule has 1 heterocycles. The number of aromatic amines is 1. The van der Waals surface area contributed by atoms with Crippen molar-refractivity contribution in [2.24, 2.45) is 0 Å². The quantitative estimate of drug-likeness (QED) is 0.538. The summed E-state index contributed by atoms with van der Waals surface area (Å²) < 4.78 is 26.9. The van der Waals surface area contributed by atoms with Crippen LogP contribution in [0.1, 0.15) is 42.5 Å². The van der Waals surface area contributed by atoms with Crippen LogP contribution in [0.4, 0.5) is 0 Å². The molecule has 1 fully saturated rings. The van der Waals surface area contributed by atoms with Crippen molar-refractivity contribution in [2.75, 3.05) is 12.3 Å². The molecule has 1 amide bonds. The van der Waals surface area contributed by atoms with Crippen molar-refractivity contribution in [1.82, 2.24) is 15.0 Å². The minimum atomic E-state index is -4.01. The number of benzene rings is 1. The van der Waals surface area contributed by atoms with Crippen molar-refractivity contribution in [3.63, 3.8) is 0 Å². The molecule has 0 bridgehead atoms. The topological polar surface area (TPSA) is 128 Å². The third kappa shape index (κ3) is 4.65. The highest BCUT2D eigenvalue weighted by Crippen LogP contribution is 2.30. The maximum absolute atomic E-state index is 12.7. The van der Waals surface area contributed by atoms with Crippen LogP contribution in [0, 0.1) is 0 Å². The van der Waals surface area contributed by atoms with Gasteiger partial charge in [0.1, 0.15) is 0 Å². The number of halogens is 1. The molecule has 0 spiro atoms. The first kappa shape index (κ1) is 20.6. The van der Waals surface area contributed by atoms with E-state index in [9.17, 15) is 18.0 Å². The number of aliphatic carboxylic acids is 1. The summed E-state index contributed by atoms with van der Waals surface area (Å²) in [5, 5.41) is 12.6. The average Bonchev–Trinajstić information content (AvgIpc) is 3.09. The first-order valence-electron chi connectivity index (χ1n) is 8.99. The van der Waals surface area contributed by atoms with Crippen LogP contribution in [0.2, 0.25) is 5.02 Å². The Morgan fingerprint density at radius 3 is 2.57 bits per heavy atom. The van der Waals surface area contributed by atoms with Gasteiger partial charge in [0.2, 0.25) is 10.0 Å². The van der Waals surface area contributed by atoms with Gasteiger partial charge in [0.25, 0.3) is 5.91 Å². The van der Waals surface area contributed by atoms with E-state index < -0.39 is 33.2 Å². The summed E-state index contributed by atoms with van der Waals surface area (Å²) >= 11 is 6.34. The van der Waals surface area contributed by atoms with E-state index >= 15 is 0 Å². The second-order valence-corrected chi connectivity index (χ2v) is 9.24. The largest absolute Gasteiger partial charge is 0.480 e. The van der Waals surface area contributed by atoms with Gasteiger partial charge in [0.15, 0.2) is 5.75 Å². The van der Waals surface area contributed by atoms with E-state index in [1.54, 1.807) is 24.4 Å². The molecule has 8 nitrogen and oxygen atoms in total. The highest BCUT2D eigenvalue weighted by atomic mass is 35.5. The van der Waals surface area contributed by atoms with Crippen molar-refractivity contribution >= 4 is 44.4 Å². The van der Waals surface area contributed by atoms with Crippen LogP contribution in [0.5, 0.6) is 0 Å². The standard InChI is InChI=1S/C18H22ClN3O5S/c19-16-12-6-9-20-14(12)5-4-13(16)17(25)21-11-18(7-2-1-3-8-18)22-28(26,27)10-15(23)24/h4-6,9,20,22H,1-3,7-8,10-11H2,(H,21,25)(H,23,24). The average molecular weight is 428 g/mol. The number of H-pyrrole nitrogens is 1. The van der Waals surface area contributed by atoms with E-state index in [0.29, 0.717) is 23.4 Å². The van der Waals surface area contributed by atoms with Crippen molar-refractivity contribution in [3.8, 4) is 0 Å².